The summed E-state index contributed by atoms with van der Waals surface area (Å²) in [6, 6.07) is 8.52. The summed E-state index contributed by atoms with van der Waals surface area (Å²) in [6.45, 7) is 10.7. The van der Waals surface area contributed by atoms with Crippen molar-refractivity contribution in [3.05, 3.63) is 29.8 Å². The first-order valence-electron chi connectivity index (χ1n) is 11.1. The number of likely N-dealkylation sites (tertiary alicyclic amines) is 1. The normalized spacial score (nSPS) is 27.3. The van der Waals surface area contributed by atoms with E-state index in [1.807, 2.05) is 4.90 Å². The lowest BCUT2D eigenvalue weighted by Crippen LogP contribution is -2.50. The number of amidine groups is 1. The van der Waals surface area contributed by atoms with Crippen LogP contribution in [0.5, 0.6) is 0 Å². The van der Waals surface area contributed by atoms with Crippen molar-refractivity contribution in [3.63, 3.8) is 0 Å². The van der Waals surface area contributed by atoms with Gasteiger partial charge in [0.15, 0.2) is 0 Å². The topological polar surface area (TPSA) is 35.9 Å². The molecule has 3 aliphatic rings. The van der Waals surface area contributed by atoms with Gasteiger partial charge in [-0.2, -0.15) is 0 Å². The fraction of sp³-hybridized carbons (Fsp3) is 0.667. The largest absolute Gasteiger partial charge is 0.293 e. The van der Waals surface area contributed by atoms with Crippen molar-refractivity contribution in [1.29, 1.82) is 0 Å². The van der Waals surface area contributed by atoms with E-state index in [1.165, 1.54) is 24.8 Å². The van der Waals surface area contributed by atoms with Crippen LogP contribution in [0.2, 0.25) is 0 Å². The van der Waals surface area contributed by atoms with Crippen molar-refractivity contribution in [1.82, 2.24) is 4.90 Å². The summed E-state index contributed by atoms with van der Waals surface area (Å²) in [5.41, 5.74) is 1.69. The van der Waals surface area contributed by atoms with E-state index in [-0.39, 0.29) is 22.9 Å². The van der Waals surface area contributed by atoms with Crippen LogP contribution in [-0.2, 0) is 4.79 Å². The Morgan fingerprint density at radius 2 is 1.57 bits per heavy atom. The summed E-state index contributed by atoms with van der Waals surface area (Å²) < 4.78 is 0. The Labute approximate surface area is 170 Å². The molecule has 2 heterocycles. The Balaban J connectivity index is 1.87. The summed E-state index contributed by atoms with van der Waals surface area (Å²) in [7, 11) is 0. The first-order chi connectivity index (χ1) is 13.3. The number of aliphatic imine (C=N–C) groups is 1. The molecule has 0 unspecified atom stereocenters. The maximum absolute atomic E-state index is 14.0. The minimum absolute atomic E-state index is 0.128. The van der Waals surface area contributed by atoms with E-state index in [0.717, 1.165) is 50.3 Å². The Hall–Kier alpha value is -1.68. The average Bonchev–Trinajstić information content (AvgIpc) is 3.23. The molecule has 152 valence electrons. The molecule has 0 N–H and O–H groups in total. The Morgan fingerprint density at radius 1 is 0.964 bits per heavy atom. The minimum atomic E-state index is -0.294. The van der Waals surface area contributed by atoms with Crippen molar-refractivity contribution in [2.45, 2.75) is 84.2 Å². The maximum atomic E-state index is 14.0. The highest BCUT2D eigenvalue weighted by molar-refractivity contribution is 6.27. The van der Waals surface area contributed by atoms with Crippen molar-refractivity contribution in [2.75, 3.05) is 18.0 Å². The molecule has 2 aliphatic heterocycles. The van der Waals surface area contributed by atoms with Crippen LogP contribution in [-0.4, -0.2) is 41.3 Å². The molecule has 0 aromatic heterocycles. The summed E-state index contributed by atoms with van der Waals surface area (Å²) in [6.07, 6.45) is 8.01. The van der Waals surface area contributed by atoms with Gasteiger partial charge in [-0.1, -0.05) is 37.0 Å². The summed E-state index contributed by atoms with van der Waals surface area (Å²) in [5, 5.41) is 0. The highest BCUT2D eigenvalue weighted by atomic mass is 16.2. The van der Waals surface area contributed by atoms with E-state index in [9.17, 15) is 4.79 Å². The third-order valence-electron chi connectivity index (χ3n) is 6.62. The second-order valence-corrected chi connectivity index (χ2v) is 9.98. The Bertz CT molecular complexity index is 747. The maximum Gasteiger partial charge on any atom is 0.240 e. The van der Waals surface area contributed by atoms with Crippen LogP contribution in [0.4, 0.5) is 5.69 Å². The predicted octanol–water partition coefficient (Wildman–Crippen LogP) is 4.95. The van der Waals surface area contributed by atoms with Crippen LogP contribution >= 0.6 is 0 Å². The zero-order valence-corrected chi connectivity index (χ0v) is 18.0. The molecule has 1 amide bonds. The molecule has 1 aromatic rings. The zero-order valence-electron chi connectivity index (χ0n) is 18.0. The number of hydrogen-bond donors (Lipinski definition) is 0. The SMILES string of the molecule is Cc1ccc(N2C(=O)C3(CCCCC3)[C@@H](N3CCCC3)C2=NC(C)(C)C)cc1. The third kappa shape index (κ3) is 3.41. The third-order valence-corrected chi connectivity index (χ3v) is 6.62. The van der Waals surface area contributed by atoms with Crippen LogP contribution in [0.3, 0.4) is 0 Å². The van der Waals surface area contributed by atoms with E-state index in [1.54, 1.807) is 0 Å². The lowest BCUT2D eigenvalue weighted by Gasteiger charge is -2.40. The number of carbonyl (C=O) groups excluding carboxylic acids is 1. The summed E-state index contributed by atoms with van der Waals surface area (Å²) in [5.74, 6) is 1.28. The van der Waals surface area contributed by atoms with Gasteiger partial charge in [-0.15, -0.1) is 0 Å². The molecule has 0 radical (unpaired) electrons. The Morgan fingerprint density at radius 3 is 2.14 bits per heavy atom. The standard InChI is InChI=1S/C24H35N3O/c1-18-10-12-19(13-11-18)27-21(25-23(2,3)4)20(26-16-8-9-17-26)24(22(27)28)14-6-5-7-15-24/h10-13,20H,5-9,14-17H2,1-4H3/t20-/m0/s1. The highest BCUT2D eigenvalue weighted by Crippen LogP contribution is 2.50. The summed E-state index contributed by atoms with van der Waals surface area (Å²) in [4.78, 5) is 23.8. The second-order valence-electron chi connectivity index (χ2n) is 9.98. The van der Waals surface area contributed by atoms with E-state index < -0.39 is 0 Å². The molecule has 3 fully saturated rings. The monoisotopic (exact) mass is 381 g/mol. The van der Waals surface area contributed by atoms with Crippen molar-refractivity contribution in [2.24, 2.45) is 10.4 Å². The molecule has 28 heavy (non-hydrogen) atoms. The van der Waals surface area contributed by atoms with Crippen LogP contribution in [0, 0.1) is 12.3 Å². The fourth-order valence-electron chi connectivity index (χ4n) is 5.39. The van der Waals surface area contributed by atoms with E-state index in [0.29, 0.717) is 0 Å². The molecular formula is C24H35N3O. The van der Waals surface area contributed by atoms with Gasteiger partial charge in [-0.3, -0.25) is 19.6 Å². The van der Waals surface area contributed by atoms with Gasteiger partial charge in [-0.05, 0) is 78.6 Å². The highest BCUT2D eigenvalue weighted by Gasteiger charge is 2.60. The number of rotatable bonds is 2. The van der Waals surface area contributed by atoms with Gasteiger partial charge in [0.05, 0.1) is 22.7 Å². The molecule has 4 rings (SSSR count). The molecule has 1 atom stereocenters. The molecule has 4 nitrogen and oxygen atoms in total. The lowest BCUT2D eigenvalue weighted by atomic mass is 9.69. The van der Waals surface area contributed by atoms with Crippen LogP contribution in [0.15, 0.2) is 29.3 Å². The van der Waals surface area contributed by atoms with Gasteiger partial charge in [0.25, 0.3) is 0 Å². The van der Waals surface area contributed by atoms with Gasteiger partial charge in [-0.25, -0.2) is 0 Å². The number of carbonyl (C=O) groups is 1. The average molecular weight is 382 g/mol. The fourth-order valence-corrected chi connectivity index (χ4v) is 5.39. The zero-order chi connectivity index (χ0) is 19.9. The molecule has 1 aromatic carbocycles. The molecule has 2 saturated heterocycles. The number of benzene rings is 1. The number of aryl methyl sites for hydroxylation is 1. The van der Waals surface area contributed by atoms with Gasteiger partial charge in [0, 0.05) is 0 Å². The van der Waals surface area contributed by atoms with Gasteiger partial charge in [0.1, 0.15) is 5.84 Å². The van der Waals surface area contributed by atoms with Crippen molar-refractivity contribution < 1.29 is 4.79 Å². The first-order valence-corrected chi connectivity index (χ1v) is 11.1. The molecule has 0 bridgehead atoms. The lowest BCUT2D eigenvalue weighted by molar-refractivity contribution is -0.129. The minimum Gasteiger partial charge on any atom is -0.293 e. The molecule has 1 aliphatic carbocycles. The number of amides is 1. The Kier molecular flexibility index (Phi) is 5.11. The molecule has 4 heteroatoms. The van der Waals surface area contributed by atoms with E-state index in [4.69, 9.17) is 4.99 Å². The van der Waals surface area contributed by atoms with E-state index >= 15 is 0 Å². The van der Waals surface area contributed by atoms with Crippen molar-refractivity contribution >= 4 is 17.4 Å². The smallest absolute Gasteiger partial charge is 0.240 e. The number of anilines is 1. The van der Waals surface area contributed by atoms with Crippen molar-refractivity contribution in [3.8, 4) is 0 Å². The van der Waals surface area contributed by atoms with Gasteiger partial charge >= 0.3 is 0 Å². The number of nitrogens with zero attached hydrogens (tertiary/aromatic N) is 3. The molecule has 1 saturated carbocycles. The molecule has 1 spiro atoms. The van der Waals surface area contributed by atoms with Crippen LogP contribution in [0.1, 0.15) is 71.3 Å². The quantitative estimate of drug-likeness (QED) is 0.726. The van der Waals surface area contributed by atoms with Gasteiger partial charge in [0.2, 0.25) is 5.91 Å². The number of hydrogen-bond acceptors (Lipinski definition) is 3. The van der Waals surface area contributed by atoms with Crippen LogP contribution in [0.25, 0.3) is 0 Å². The predicted molar refractivity (Wildman–Crippen MR) is 116 cm³/mol. The summed E-state index contributed by atoms with van der Waals surface area (Å²) >= 11 is 0. The van der Waals surface area contributed by atoms with Crippen LogP contribution < -0.4 is 4.90 Å². The first kappa shape index (κ1) is 19.6. The second kappa shape index (κ2) is 7.29. The van der Waals surface area contributed by atoms with E-state index in [2.05, 4.69) is 56.9 Å². The molecular weight excluding hydrogens is 346 g/mol. The van der Waals surface area contributed by atoms with Gasteiger partial charge < -0.3 is 0 Å².